The van der Waals surface area contributed by atoms with Crippen molar-refractivity contribution >= 4 is 23.3 Å². The minimum Gasteiger partial charge on any atom is -0.479 e. The number of carbonyl (C=O) groups excluding carboxylic acids is 1. The molecule has 1 atom stereocenters. The van der Waals surface area contributed by atoms with E-state index < -0.39 is 6.04 Å². The second-order valence-electron chi connectivity index (χ2n) is 6.93. The van der Waals surface area contributed by atoms with Gasteiger partial charge in [-0.25, -0.2) is 4.79 Å². The largest absolute Gasteiger partial charge is 0.479 e. The first-order valence-electron chi connectivity index (χ1n) is 9.59. The van der Waals surface area contributed by atoms with E-state index in [0.717, 1.165) is 24.2 Å². The van der Waals surface area contributed by atoms with Gasteiger partial charge in [0.05, 0.1) is 18.2 Å². The van der Waals surface area contributed by atoms with Crippen LogP contribution in [0.5, 0.6) is 5.75 Å². The molecule has 1 aliphatic rings. The maximum atomic E-state index is 12.8. The van der Waals surface area contributed by atoms with Crippen LogP contribution < -0.4 is 10.1 Å². The van der Waals surface area contributed by atoms with Crippen molar-refractivity contribution in [2.75, 3.05) is 40.4 Å². The third-order valence-corrected chi connectivity index (χ3v) is 4.93. The van der Waals surface area contributed by atoms with E-state index in [4.69, 9.17) is 27.0 Å². The summed E-state index contributed by atoms with van der Waals surface area (Å²) < 4.78 is 10.6. The van der Waals surface area contributed by atoms with Gasteiger partial charge in [0.25, 0.3) is 0 Å². The molecule has 0 saturated carbocycles. The lowest BCUT2D eigenvalue weighted by molar-refractivity contribution is -0.139. The molecule has 0 radical (unpaired) electrons. The SMILES string of the molecule is CCOC(=O)C1=C(C)N(CCCN(C)C)C(=S)N[C@H]1c1ccc(OCC#N)cc1. The fraction of sp³-hybridized carbons (Fsp3) is 0.476. The number of carbonyl (C=O) groups is 1. The smallest absolute Gasteiger partial charge is 0.338 e. The van der Waals surface area contributed by atoms with Crippen LogP contribution in [0.15, 0.2) is 35.5 Å². The van der Waals surface area contributed by atoms with Gasteiger partial charge in [-0.3, -0.25) is 0 Å². The van der Waals surface area contributed by atoms with E-state index in [-0.39, 0.29) is 12.6 Å². The summed E-state index contributed by atoms with van der Waals surface area (Å²) >= 11 is 5.60. The van der Waals surface area contributed by atoms with Gasteiger partial charge in [0, 0.05) is 12.2 Å². The lowest BCUT2D eigenvalue weighted by atomic mass is 9.95. The van der Waals surface area contributed by atoms with Gasteiger partial charge >= 0.3 is 5.97 Å². The van der Waals surface area contributed by atoms with E-state index >= 15 is 0 Å². The summed E-state index contributed by atoms with van der Waals surface area (Å²) in [6.07, 6.45) is 0.915. The van der Waals surface area contributed by atoms with Crippen molar-refractivity contribution in [1.82, 2.24) is 15.1 Å². The quantitative estimate of drug-likeness (QED) is 0.486. The first-order valence-corrected chi connectivity index (χ1v) is 10.00. The third kappa shape index (κ3) is 5.92. The van der Waals surface area contributed by atoms with Crippen molar-refractivity contribution < 1.29 is 14.3 Å². The summed E-state index contributed by atoms with van der Waals surface area (Å²) in [5.41, 5.74) is 2.23. The van der Waals surface area contributed by atoms with Gasteiger partial charge in [-0.1, -0.05) is 12.1 Å². The third-order valence-electron chi connectivity index (χ3n) is 4.60. The molecule has 0 aromatic heterocycles. The first kappa shape index (κ1) is 22.7. The molecule has 1 heterocycles. The van der Waals surface area contributed by atoms with Crippen molar-refractivity contribution in [2.24, 2.45) is 0 Å². The zero-order valence-electron chi connectivity index (χ0n) is 17.4. The van der Waals surface area contributed by atoms with Crippen LogP contribution in [0.2, 0.25) is 0 Å². The Kier molecular flexibility index (Phi) is 8.43. The molecule has 0 bridgehead atoms. The van der Waals surface area contributed by atoms with E-state index in [1.165, 1.54) is 0 Å². The van der Waals surface area contributed by atoms with E-state index in [0.29, 0.717) is 29.6 Å². The maximum absolute atomic E-state index is 12.8. The molecule has 1 aromatic rings. The molecule has 7 nitrogen and oxygen atoms in total. The summed E-state index contributed by atoms with van der Waals surface area (Å²) in [5, 5.41) is 12.5. The fourth-order valence-electron chi connectivity index (χ4n) is 3.19. The first-order chi connectivity index (χ1) is 13.9. The minimum atomic E-state index is -0.406. The molecule has 2 rings (SSSR count). The Morgan fingerprint density at radius 3 is 2.62 bits per heavy atom. The molecule has 0 amide bonds. The van der Waals surface area contributed by atoms with Crippen LogP contribution in [0.4, 0.5) is 0 Å². The van der Waals surface area contributed by atoms with Crippen molar-refractivity contribution in [3.05, 3.63) is 41.1 Å². The highest BCUT2D eigenvalue weighted by Gasteiger charge is 2.34. The molecule has 1 aromatic carbocycles. The number of allylic oxidation sites excluding steroid dienone is 1. The Labute approximate surface area is 177 Å². The van der Waals surface area contributed by atoms with Crippen molar-refractivity contribution in [3.63, 3.8) is 0 Å². The van der Waals surface area contributed by atoms with Gasteiger partial charge < -0.3 is 24.6 Å². The second-order valence-corrected chi connectivity index (χ2v) is 7.31. The van der Waals surface area contributed by atoms with Crippen LogP contribution in [-0.2, 0) is 9.53 Å². The molecule has 0 spiro atoms. The number of nitrogens with zero attached hydrogens (tertiary/aromatic N) is 3. The minimum absolute atomic E-state index is 0.0138. The Bertz CT molecular complexity index is 799. The Morgan fingerprint density at radius 1 is 1.34 bits per heavy atom. The Hall–Kier alpha value is -2.63. The van der Waals surface area contributed by atoms with Crippen LogP contribution in [0.25, 0.3) is 0 Å². The summed E-state index contributed by atoms with van der Waals surface area (Å²) in [5.74, 6) is 0.241. The summed E-state index contributed by atoms with van der Waals surface area (Å²) in [6, 6.07) is 8.81. The van der Waals surface area contributed by atoms with Crippen LogP contribution in [-0.4, -0.2) is 61.3 Å². The number of benzene rings is 1. The highest BCUT2D eigenvalue weighted by molar-refractivity contribution is 7.80. The van der Waals surface area contributed by atoms with Crippen molar-refractivity contribution in [3.8, 4) is 11.8 Å². The Morgan fingerprint density at radius 2 is 2.03 bits per heavy atom. The average molecular weight is 417 g/mol. The van der Waals surface area contributed by atoms with Gasteiger partial charge in [-0.05, 0) is 70.8 Å². The van der Waals surface area contributed by atoms with Crippen LogP contribution in [0.3, 0.4) is 0 Å². The monoisotopic (exact) mass is 416 g/mol. The average Bonchev–Trinajstić information content (AvgIpc) is 2.68. The molecule has 8 heteroatoms. The van der Waals surface area contributed by atoms with Crippen molar-refractivity contribution in [2.45, 2.75) is 26.3 Å². The molecule has 0 fully saturated rings. The van der Waals surface area contributed by atoms with Crippen LogP contribution in [0.1, 0.15) is 31.9 Å². The summed E-state index contributed by atoms with van der Waals surface area (Å²) in [4.78, 5) is 16.9. The van der Waals surface area contributed by atoms with Gasteiger partial charge in [0.15, 0.2) is 11.7 Å². The summed E-state index contributed by atoms with van der Waals surface area (Å²) in [6.45, 7) is 5.63. The van der Waals surface area contributed by atoms with Crippen LogP contribution >= 0.6 is 12.2 Å². The molecule has 1 aliphatic heterocycles. The van der Waals surface area contributed by atoms with Crippen LogP contribution in [0, 0.1) is 11.3 Å². The molecule has 0 aliphatic carbocycles. The molecule has 1 N–H and O–H groups in total. The number of nitrogens with one attached hydrogen (secondary N) is 1. The van der Waals surface area contributed by atoms with E-state index in [2.05, 4.69) is 10.2 Å². The number of thiocarbonyl (C=S) groups is 1. The number of ether oxygens (including phenoxy) is 2. The van der Waals surface area contributed by atoms with E-state index in [9.17, 15) is 4.79 Å². The number of nitriles is 1. The normalized spacial score (nSPS) is 16.5. The van der Waals surface area contributed by atoms with Crippen molar-refractivity contribution in [1.29, 1.82) is 5.26 Å². The van der Waals surface area contributed by atoms with E-state index in [1.807, 2.05) is 44.1 Å². The van der Waals surface area contributed by atoms with Gasteiger partial charge in [-0.15, -0.1) is 0 Å². The number of hydrogen-bond acceptors (Lipinski definition) is 6. The molecular formula is C21H28N4O3S. The lowest BCUT2D eigenvalue weighted by Gasteiger charge is -2.37. The maximum Gasteiger partial charge on any atom is 0.338 e. The second kappa shape index (κ2) is 10.8. The zero-order valence-corrected chi connectivity index (χ0v) is 18.2. The number of rotatable bonds is 9. The topological polar surface area (TPSA) is 77.8 Å². The highest BCUT2D eigenvalue weighted by atomic mass is 32.1. The zero-order chi connectivity index (χ0) is 21.4. The van der Waals surface area contributed by atoms with Gasteiger partial charge in [-0.2, -0.15) is 5.26 Å². The lowest BCUT2D eigenvalue weighted by Crippen LogP contribution is -2.48. The van der Waals surface area contributed by atoms with Gasteiger partial charge in [0.1, 0.15) is 11.8 Å². The molecular weight excluding hydrogens is 388 g/mol. The van der Waals surface area contributed by atoms with Gasteiger partial charge in [0.2, 0.25) is 0 Å². The number of esters is 1. The number of hydrogen-bond donors (Lipinski definition) is 1. The molecule has 156 valence electrons. The molecule has 29 heavy (non-hydrogen) atoms. The molecule has 0 saturated heterocycles. The van der Waals surface area contributed by atoms with E-state index in [1.54, 1.807) is 19.1 Å². The predicted octanol–water partition coefficient (Wildman–Crippen LogP) is 2.61. The Balaban J connectivity index is 2.33. The predicted molar refractivity (Wildman–Crippen MR) is 115 cm³/mol. The fourth-order valence-corrected chi connectivity index (χ4v) is 3.54. The molecule has 0 unspecified atom stereocenters. The highest BCUT2D eigenvalue weighted by Crippen LogP contribution is 2.32. The standard InChI is InChI=1S/C21H28N4O3S/c1-5-27-20(26)18-15(2)25(13-6-12-24(3)4)21(29)23-19(18)16-7-9-17(10-8-16)28-14-11-22/h7-10,19H,5-6,12-14H2,1-4H3,(H,23,29)/t19-/m0/s1. The summed E-state index contributed by atoms with van der Waals surface area (Å²) in [7, 11) is 4.05.